The Kier molecular flexibility index (Phi) is 7.13. The predicted octanol–water partition coefficient (Wildman–Crippen LogP) is -2.15. The van der Waals surface area contributed by atoms with Crippen LogP contribution in [0.15, 0.2) is 0 Å². The van der Waals surface area contributed by atoms with Crippen LogP contribution in [0, 0.1) is 0 Å². The van der Waals surface area contributed by atoms with Gasteiger partial charge in [-0.25, -0.2) is 0 Å². The highest BCUT2D eigenvalue weighted by atomic mass is 16.3. The van der Waals surface area contributed by atoms with Crippen LogP contribution in [-0.4, -0.2) is 86.3 Å². The lowest BCUT2D eigenvalue weighted by Gasteiger charge is -2.20. The summed E-state index contributed by atoms with van der Waals surface area (Å²) < 4.78 is 0. The first-order valence-corrected chi connectivity index (χ1v) is 8.96. The zero-order valence-corrected chi connectivity index (χ0v) is 15.3. The lowest BCUT2D eigenvalue weighted by molar-refractivity contribution is 0.233. The molecule has 6 N–H and O–H groups in total. The van der Waals surface area contributed by atoms with E-state index in [9.17, 15) is 15.3 Å². The van der Waals surface area contributed by atoms with Gasteiger partial charge >= 0.3 is 0 Å². The Morgan fingerprint density at radius 3 is 1.18 bits per heavy atom. The van der Waals surface area contributed by atoms with Crippen molar-refractivity contribution in [3.05, 3.63) is 34.2 Å². The molecule has 0 aromatic carbocycles. The van der Waals surface area contributed by atoms with E-state index in [4.69, 9.17) is 0 Å². The number of rotatable bonds is 12. The Balaban J connectivity index is 1.81. The highest BCUT2D eigenvalue weighted by Crippen LogP contribution is 2.16. The molecule has 0 spiro atoms. The van der Waals surface area contributed by atoms with Crippen molar-refractivity contribution in [1.29, 1.82) is 0 Å². The van der Waals surface area contributed by atoms with E-state index < -0.39 is 0 Å². The second-order valence-electron chi connectivity index (χ2n) is 6.28. The van der Waals surface area contributed by atoms with E-state index in [0.29, 0.717) is 56.0 Å². The minimum absolute atomic E-state index is 0.00918. The number of H-pyrrole nitrogens is 3. The number of aromatic amines is 3. The molecule has 13 heteroatoms. The Morgan fingerprint density at radius 2 is 0.893 bits per heavy atom. The number of hydrogen-bond donors (Lipinski definition) is 6. The van der Waals surface area contributed by atoms with Crippen molar-refractivity contribution in [2.75, 3.05) is 19.8 Å². The Hall–Kier alpha value is -2.74. The largest absolute Gasteiger partial charge is 0.396 e. The SMILES string of the molecule is OCCc1[nH]nnc1CN(Cc1nn[nH]c1CCO)Cc1nn[nH]c1CCO. The van der Waals surface area contributed by atoms with Gasteiger partial charge in [-0.2, -0.15) is 0 Å². The van der Waals surface area contributed by atoms with Crippen LogP contribution in [0.25, 0.3) is 0 Å². The molecule has 0 aliphatic rings. The first-order chi connectivity index (χ1) is 13.7. The van der Waals surface area contributed by atoms with E-state index >= 15 is 0 Å². The fraction of sp³-hybridized carbons (Fsp3) is 0.600. The maximum absolute atomic E-state index is 9.22. The Bertz CT molecular complexity index is 735. The van der Waals surface area contributed by atoms with Gasteiger partial charge in [-0.15, -0.1) is 15.3 Å². The topological polar surface area (TPSA) is 189 Å². The van der Waals surface area contributed by atoms with E-state index in [1.165, 1.54) is 0 Å². The van der Waals surface area contributed by atoms with Gasteiger partial charge in [0.1, 0.15) is 0 Å². The van der Waals surface area contributed by atoms with Crippen molar-refractivity contribution in [2.24, 2.45) is 0 Å². The van der Waals surface area contributed by atoms with E-state index in [1.807, 2.05) is 4.90 Å². The van der Waals surface area contributed by atoms with Gasteiger partial charge in [0.05, 0.1) is 34.2 Å². The van der Waals surface area contributed by atoms with Gasteiger partial charge in [0, 0.05) is 58.7 Å². The molecule has 13 nitrogen and oxygen atoms in total. The number of nitrogens with zero attached hydrogens (tertiary/aromatic N) is 7. The molecule has 0 saturated heterocycles. The van der Waals surface area contributed by atoms with Gasteiger partial charge < -0.3 is 15.3 Å². The molecule has 0 aliphatic heterocycles. The predicted molar refractivity (Wildman–Crippen MR) is 94.5 cm³/mol. The van der Waals surface area contributed by atoms with Gasteiger partial charge in [-0.1, -0.05) is 15.6 Å². The van der Waals surface area contributed by atoms with Gasteiger partial charge in [0.15, 0.2) is 0 Å². The zero-order valence-electron chi connectivity index (χ0n) is 15.3. The quantitative estimate of drug-likeness (QED) is 0.198. The monoisotopic (exact) mass is 392 g/mol. The Morgan fingerprint density at radius 1 is 0.571 bits per heavy atom. The summed E-state index contributed by atoms with van der Waals surface area (Å²) in [6.07, 6.45) is 1.28. The molecular weight excluding hydrogens is 368 g/mol. The summed E-state index contributed by atoms with van der Waals surface area (Å²) in [5.74, 6) is 0. The summed E-state index contributed by atoms with van der Waals surface area (Å²) in [4.78, 5) is 2.04. The molecule has 0 saturated carbocycles. The van der Waals surface area contributed by atoms with Crippen molar-refractivity contribution in [1.82, 2.24) is 51.1 Å². The standard InChI is InChI=1S/C15H24N10O3/c26-4-1-10-13(19-22-16-10)7-25(8-14-11(2-5-27)17-23-20-14)9-15-12(3-6-28)18-24-21-15/h26-28H,1-9H2,(H,16,19,22)(H,17,20,23)(H,18,21,24). The zero-order chi connectivity index (χ0) is 19.8. The summed E-state index contributed by atoms with van der Waals surface area (Å²) >= 11 is 0. The number of aromatic nitrogens is 9. The van der Waals surface area contributed by atoms with Crippen molar-refractivity contribution in [2.45, 2.75) is 38.9 Å². The average molecular weight is 392 g/mol. The maximum atomic E-state index is 9.22. The highest BCUT2D eigenvalue weighted by molar-refractivity contribution is 5.14. The number of nitrogens with one attached hydrogen (secondary N) is 3. The van der Waals surface area contributed by atoms with E-state index in [1.54, 1.807) is 0 Å². The molecule has 0 aliphatic carbocycles. The van der Waals surface area contributed by atoms with E-state index in [-0.39, 0.29) is 19.8 Å². The third-order valence-corrected chi connectivity index (χ3v) is 4.32. The normalized spacial score (nSPS) is 11.6. The first-order valence-electron chi connectivity index (χ1n) is 8.96. The van der Waals surface area contributed by atoms with Crippen LogP contribution in [0.1, 0.15) is 34.2 Å². The van der Waals surface area contributed by atoms with Crippen molar-refractivity contribution < 1.29 is 15.3 Å². The number of aliphatic hydroxyl groups is 3. The summed E-state index contributed by atoms with van der Waals surface area (Å²) in [5, 5.41) is 60.0. The number of aliphatic hydroxyl groups excluding tert-OH is 3. The van der Waals surface area contributed by atoms with Crippen LogP contribution in [-0.2, 0) is 38.9 Å². The molecule has 3 aromatic heterocycles. The van der Waals surface area contributed by atoms with Crippen LogP contribution in [0.5, 0.6) is 0 Å². The molecule has 0 fully saturated rings. The van der Waals surface area contributed by atoms with Crippen molar-refractivity contribution in [3.63, 3.8) is 0 Å². The van der Waals surface area contributed by atoms with E-state index in [2.05, 4.69) is 46.2 Å². The molecule has 0 atom stereocenters. The number of hydrogen-bond acceptors (Lipinski definition) is 10. The lowest BCUT2D eigenvalue weighted by atomic mass is 10.2. The molecule has 3 heterocycles. The fourth-order valence-corrected chi connectivity index (χ4v) is 2.93. The molecular formula is C15H24N10O3. The summed E-state index contributed by atoms with van der Waals surface area (Å²) in [6, 6.07) is 0. The van der Waals surface area contributed by atoms with Crippen LogP contribution in [0.4, 0.5) is 0 Å². The highest BCUT2D eigenvalue weighted by Gasteiger charge is 2.19. The molecule has 28 heavy (non-hydrogen) atoms. The fourth-order valence-electron chi connectivity index (χ4n) is 2.93. The van der Waals surface area contributed by atoms with Crippen LogP contribution in [0.2, 0.25) is 0 Å². The molecule has 0 amide bonds. The van der Waals surface area contributed by atoms with Crippen molar-refractivity contribution in [3.8, 4) is 0 Å². The Labute approximate surface area is 160 Å². The van der Waals surface area contributed by atoms with E-state index in [0.717, 1.165) is 17.1 Å². The van der Waals surface area contributed by atoms with Gasteiger partial charge in [0.25, 0.3) is 0 Å². The van der Waals surface area contributed by atoms with Gasteiger partial charge in [-0.05, 0) is 0 Å². The summed E-state index contributed by atoms with van der Waals surface area (Å²) in [5.41, 5.74) is 4.44. The molecule has 3 rings (SSSR count). The first kappa shape index (κ1) is 20.0. The minimum Gasteiger partial charge on any atom is -0.396 e. The second-order valence-corrected chi connectivity index (χ2v) is 6.28. The van der Waals surface area contributed by atoms with Crippen molar-refractivity contribution >= 4 is 0 Å². The second kappa shape index (κ2) is 9.98. The maximum Gasteiger partial charge on any atom is 0.0997 e. The summed E-state index contributed by atoms with van der Waals surface area (Å²) in [6.45, 7) is 1.27. The molecule has 0 radical (unpaired) electrons. The van der Waals surface area contributed by atoms with Gasteiger partial charge in [-0.3, -0.25) is 20.2 Å². The molecule has 0 bridgehead atoms. The summed E-state index contributed by atoms with van der Waals surface area (Å²) in [7, 11) is 0. The molecule has 3 aromatic rings. The van der Waals surface area contributed by atoms with Gasteiger partial charge in [0.2, 0.25) is 0 Å². The molecule has 0 unspecified atom stereocenters. The minimum atomic E-state index is -0.00918. The van der Waals surface area contributed by atoms with Crippen LogP contribution in [0.3, 0.4) is 0 Å². The molecule has 152 valence electrons. The van der Waals surface area contributed by atoms with Crippen LogP contribution >= 0.6 is 0 Å². The lowest BCUT2D eigenvalue weighted by Crippen LogP contribution is -2.25. The van der Waals surface area contributed by atoms with Crippen LogP contribution < -0.4 is 0 Å². The smallest absolute Gasteiger partial charge is 0.0997 e. The average Bonchev–Trinajstić information content (AvgIpc) is 3.41. The third-order valence-electron chi connectivity index (χ3n) is 4.32. The third kappa shape index (κ3) is 4.95.